The fraction of sp³-hybridized carbons (Fsp3) is 0.462. The van der Waals surface area contributed by atoms with E-state index >= 15 is 0 Å². The molecule has 1 saturated heterocycles. The van der Waals surface area contributed by atoms with Gasteiger partial charge in [0, 0.05) is 6.54 Å². The van der Waals surface area contributed by atoms with Gasteiger partial charge in [0.2, 0.25) is 0 Å². The standard InChI is InChI=1S/C13H15F2N3/c14-11-4-10(6-16)5-12(15)13(11)18-8-9-2-1-3-17-7-9/h4-5,9,17-18H,1-3,7-8H2. The Kier molecular flexibility index (Phi) is 4.11. The molecule has 96 valence electrons. The molecule has 1 aromatic carbocycles. The van der Waals surface area contributed by atoms with Gasteiger partial charge >= 0.3 is 0 Å². The van der Waals surface area contributed by atoms with Crippen molar-refractivity contribution in [3.8, 4) is 6.07 Å². The van der Waals surface area contributed by atoms with Gasteiger partial charge in [-0.15, -0.1) is 0 Å². The van der Waals surface area contributed by atoms with Crippen molar-refractivity contribution in [3.63, 3.8) is 0 Å². The number of nitrogens with zero attached hydrogens (tertiary/aromatic N) is 1. The normalized spacial score (nSPS) is 19.3. The van der Waals surface area contributed by atoms with Crippen LogP contribution in [0.2, 0.25) is 0 Å². The fourth-order valence-electron chi connectivity index (χ4n) is 2.15. The molecule has 1 atom stereocenters. The summed E-state index contributed by atoms with van der Waals surface area (Å²) in [4.78, 5) is 0. The Hall–Kier alpha value is -1.67. The average molecular weight is 251 g/mol. The Morgan fingerprint density at radius 1 is 1.39 bits per heavy atom. The first-order valence-corrected chi connectivity index (χ1v) is 6.04. The second kappa shape index (κ2) is 5.78. The minimum absolute atomic E-state index is 0.00474. The molecule has 5 heteroatoms. The molecule has 0 spiro atoms. The highest BCUT2D eigenvalue weighted by molar-refractivity contribution is 5.50. The van der Waals surface area contributed by atoms with Crippen molar-refractivity contribution in [3.05, 3.63) is 29.3 Å². The zero-order valence-corrected chi connectivity index (χ0v) is 9.97. The van der Waals surface area contributed by atoms with Gasteiger partial charge in [-0.1, -0.05) is 0 Å². The lowest BCUT2D eigenvalue weighted by molar-refractivity contribution is 0.392. The van der Waals surface area contributed by atoms with Gasteiger partial charge in [-0.2, -0.15) is 5.26 Å². The quantitative estimate of drug-likeness (QED) is 0.866. The molecular formula is C13H15F2N3. The van der Waals surface area contributed by atoms with Gasteiger partial charge < -0.3 is 10.6 Å². The number of hydrogen-bond donors (Lipinski definition) is 2. The molecule has 0 bridgehead atoms. The topological polar surface area (TPSA) is 47.9 Å². The molecule has 1 aliphatic heterocycles. The van der Waals surface area contributed by atoms with Gasteiger partial charge in [-0.25, -0.2) is 8.78 Å². The molecule has 2 N–H and O–H groups in total. The van der Waals surface area contributed by atoms with Crippen LogP contribution in [-0.4, -0.2) is 19.6 Å². The predicted octanol–water partition coefficient (Wildman–Crippen LogP) is 2.25. The fourth-order valence-corrected chi connectivity index (χ4v) is 2.15. The Labute approximate surface area is 105 Å². The zero-order chi connectivity index (χ0) is 13.0. The van der Waals surface area contributed by atoms with Crippen LogP contribution in [0, 0.1) is 28.9 Å². The Morgan fingerprint density at radius 2 is 2.11 bits per heavy atom. The van der Waals surface area contributed by atoms with E-state index in [-0.39, 0.29) is 11.3 Å². The highest BCUT2D eigenvalue weighted by Crippen LogP contribution is 2.21. The molecule has 1 aliphatic rings. The predicted molar refractivity (Wildman–Crippen MR) is 65.2 cm³/mol. The van der Waals surface area contributed by atoms with E-state index in [2.05, 4.69) is 10.6 Å². The maximum absolute atomic E-state index is 13.6. The largest absolute Gasteiger partial charge is 0.380 e. The minimum atomic E-state index is -0.713. The van der Waals surface area contributed by atoms with Crippen molar-refractivity contribution in [1.82, 2.24) is 5.32 Å². The monoisotopic (exact) mass is 251 g/mol. The molecule has 0 aliphatic carbocycles. The second-order valence-electron chi connectivity index (χ2n) is 4.52. The number of halogens is 2. The van der Waals surface area contributed by atoms with E-state index in [1.165, 1.54) is 0 Å². The van der Waals surface area contributed by atoms with E-state index in [0.29, 0.717) is 12.5 Å². The van der Waals surface area contributed by atoms with Gasteiger partial charge in [-0.3, -0.25) is 0 Å². The maximum atomic E-state index is 13.6. The van der Waals surface area contributed by atoms with Crippen molar-refractivity contribution in [2.45, 2.75) is 12.8 Å². The molecule has 1 unspecified atom stereocenters. The molecule has 1 aromatic rings. The van der Waals surface area contributed by atoms with Crippen LogP contribution in [0.3, 0.4) is 0 Å². The summed E-state index contributed by atoms with van der Waals surface area (Å²) in [6.45, 7) is 2.41. The first-order chi connectivity index (χ1) is 8.70. The number of nitrogens with one attached hydrogen (secondary N) is 2. The van der Waals surface area contributed by atoms with Gasteiger partial charge in [0.1, 0.15) is 5.69 Å². The van der Waals surface area contributed by atoms with E-state index in [1.807, 2.05) is 0 Å². The number of anilines is 1. The molecule has 18 heavy (non-hydrogen) atoms. The lowest BCUT2D eigenvalue weighted by atomic mass is 9.99. The summed E-state index contributed by atoms with van der Waals surface area (Å²) in [6.07, 6.45) is 2.14. The van der Waals surface area contributed by atoms with Crippen molar-refractivity contribution in [1.29, 1.82) is 5.26 Å². The van der Waals surface area contributed by atoms with E-state index in [4.69, 9.17) is 5.26 Å². The highest BCUT2D eigenvalue weighted by atomic mass is 19.1. The number of piperidine rings is 1. The third-order valence-electron chi connectivity index (χ3n) is 3.14. The van der Waals surface area contributed by atoms with Crippen molar-refractivity contribution < 1.29 is 8.78 Å². The molecule has 0 radical (unpaired) electrons. The first kappa shape index (κ1) is 12.8. The molecule has 0 aromatic heterocycles. The van der Waals surface area contributed by atoms with Crippen LogP contribution < -0.4 is 10.6 Å². The Morgan fingerprint density at radius 3 is 2.67 bits per heavy atom. The minimum Gasteiger partial charge on any atom is -0.380 e. The van der Waals surface area contributed by atoms with E-state index in [1.54, 1.807) is 6.07 Å². The van der Waals surface area contributed by atoms with Crippen LogP contribution in [0.4, 0.5) is 14.5 Å². The number of benzene rings is 1. The number of nitriles is 1. The first-order valence-electron chi connectivity index (χ1n) is 6.04. The number of hydrogen-bond acceptors (Lipinski definition) is 3. The van der Waals surface area contributed by atoms with Crippen LogP contribution >= 0.6 is 0 Å². The maximum Gasteiger partial charge on any atom is 0.150 e. The van der Waals surface area contributed by atoms with Crippen LogP contribution in [0.1, 0.15) is 18.4 Å². The van der Waals surface area contributed by atoms with Gasteiger partial charge in [-0.05, 0) is 44.0 Å². The third-order valence-corrected chi connectivity index (χ3v) is 3.14. The lowest BCUT2D eigenvalue weighted by Gasteiger charge is -2.23. The van der Waals surface area contributed by atoms with Gasteiger partial charge in [0.15, 0.2) is 11.6 Å². The average Bonchev–Trinajstić information content (AvgIpc) is 2.38. The summed E-state index contributed by atoms with van der Waals surface area (Å²) in [5.74, 6) is -1.04. The molecule has 0 amide bonds. The lowest BCUT2D eigenvalue weighted by Crippen LogP contribution is -2.33. The van der Waals surface area contributed by atoms with Crippen molar-refractivity contribution in [2.75, 3.05) is 25.0 Å². The summed E-state index contributed by atoms with van der Waals surface area (Å²) >= 11 is 0. The molecule has 1 heterocycles. The van der Waals surface area contributed by atoms with Crippen LogP contribution in [0.5, 0.6) is 0 Å². The summed E-state index contributed by atoms with van der Waals surface area (Å²) in [5, 5.41) is 14.6. The SMILES string of the molecule is N#Cc1cc(F)c(NCC2CCCNC2)c(F)c1. The van der Waals surface area contributed by atoms with Crippen LogP contribution in [0.15, 0.2) is 12.1 Å². The van der Waals surface area contributed by atoms with Gasteiger partial charge in [0.25, 0.3) is 0 Å². The molecule has 0 saturated carbocycles. The molecule has 1 fully saturated rings. The summed E-state index contributed by atoms with van der Waals surface area (Å²) in [6, 6.07) is 3.82. The molecule has 2 rings (SSSR count). The van der Waals surface area contributed by atoms with E-state index in [9.17, 15) is 8.78 Å². The highest BCUT2D eigenvalue weighted by Gasteiger charge is 2.15. The molecular weight excluding hydrogens is 236 g/mol. The smallest absolute Gasteiger partial charge is 0.150 e. The zero-order valence-electron chi connectivity index (χ0n) is 9.97. The molecule has 3 nitrogen and oxygen atoms in total. The van der Waals surface area contributed by atoms with Gasteiger partial charge in [0.05, 0.1) is 11.6 Å². The Bertz CT molecular complexity index is 439. The van der Waals surface area contributed by atoms with Crippen LogP contribution in [0.25, 0.3) is 0 Å². The van der Waals surface area contributed by atoms with Crippen molar-refractivity contribution in [2.24, 2.45) is 5.92 Å². The Balaban J connectivity index is 2.02. The van der Waals surface area contributed by atoms with Crippen LogP contribution in [-0.2, 0) is 0 Å². The summed E-state index contributed by atoms with van der Waals surface area (Å²) in [7, 11) is 0. The summed E-state index contributed by atoms with van der Waals surface area (Å²) in [5.41, 5.74) is -0.144. The number of rotatable bonds is 3. The van der Waals surface area contributed by atoms with E-state index < -0.39 is 11.6 Å². The third kappa shape index (κ3) is 2.96. The van der Waals surface area contributed by atoms with E-state index in [0.717, 1.165) is 38.1 Å². The van der Waals surface area contributed by atoms with Crippen molar-refractivity contribution >= 4 is 5.69 Å². The second-order valence-corrected chi connectivity index (χ2v) is 4.52. The summed E-state index contributed by atoms with van der Waals surface area (Å²) < 4.78 is 27.2.